The fraction of sp³-hybridized carbons (Fsp3) is 0.250. The third-order valence-electron chi connectivity index (χ3n) is 2.37. The number of carbonyl (C=O) groups is 1. The Bertz CT molecular complexity index is 506. The molecule has 1 aromatic carbocycles. The van der Waals surface area contributed by atoms with Gasteiger partial charge in [0.05, 0.1) is 0 Å². The zero-order valence-electron chi connectivity index (χ0n) is 9.07. The molecule has 2 aromatic rings. The third kappa shape index (κ3) is 2.52. The number of carbonyl (C=O) groups excluding carboxylic acids is 1. The minimum Gasteiger partial charge on any atom is -0.382 e. The summed E-state index contributed by atoms with van der Waals surface area (Å²) in [7, 11) is 0. The fourth-order valence-electron chi connectivity index (χ4n) is 1.69. The lowest BCUT2D eigenvalue weighted by Gasteiger charge is -2.13. The van der Waals surface area contributed by atoms with Gasteiger partial charge in [0.1, 0.15) is 0 Å². The van der Waals surface area contributed by atoms with Crippen molar-refractivity contribution in [3.63, 3.8) is 0 Å². The van der Waals surface area contributed by atoms with Crippen LogP contribution in [0.25, 0.3) is 10.1 Å². The van der Waals surface area contributed by atoms with E-state index in [1.807, 2.05) is 13.0 Å². The SMILES string of the molecule is CC(CC(N)=O)Nc1ccc2sccc2c1. The van der Waals surface area contributed by atoms with E-state index in [1.54, 1.807) is 11.3 Å². The molecule has 0 fully saturated rings. The molecule has 0 aliphatic heterocycles. The standard InChI is InChI=1S/C12H14N2OS/c1-8(6-12(13)15)14-10-2-3-11-9(7-10)4-5-16-11/h2-5,7-8,14H,6H2,1H3,(H2,13,15). The van der Waals surface area contributed by atoms with Gasteiger partial charge in [-0.15, -0.1) is 11.3 Å². The second kappa shape index (κ2) is 4.53. The van der Waals surface area contributed by atoms with Gasteiger partial charge < -0.3 is 11.1 Å². The summed E-state index contributed by atoms with van der Waals surface area (Å²) >= 11 is 1.72. The molecule has 0 spiro atoms. The number of hydrogen-bond donors (Lipinski definition) is 2. The molecule has 16 heavy (non-hydrogen) atoms. The van der Waals surface area contributed by atoms with Crippen molar-refractivity contribution in [2.45, 2.75) is 19.4 Å². The highest BCUT2D eigenvalue weighted by molar-refractivity contribution is 7.17. The van der Waals surface area contributed by atoms with Crippen LogP contribution < -0.4 is 11.1 Å². The van der Waals surface area contributed by atoms with Crippen molar-refractivity contribution in [2.24, 2.45) is 5.73 Å². The Morgan fingerprint density at radius 2 is 2.31 bits per heavy atom. The Morgan fingerprint density at radius 3 is 3.06 bits per heavy atom. The van der Waals surface area contributed by atoms with Crippen LogP contribution in [0.5, 0.6) is 0 Å². The molecule has 0 bridgehead atoms. The number of rotatable bonds is 4. The Kier molecular flexibility index (Phi) is 3.10. The van der Waals surface area contributed by atoms with Gasteiger partial charge in [0, 0.05) is 22.8 Å². The first-order valence-electron chi connectivity index (χ1n) is 5.17. The zero-order valence-corrected chi connectivity index (χ0v) is 9.88. The number of nitrogens with one attached hydrogen (secondary N) is 1. The highest BCUT2D eigenvalue weighted by Crippen LogP contribution is 2.24. The first kappa shape index (κ1) is 11.0. The monoisotopic (exact) mass is 234 g/mol. The van der Waals surface area contributed by atoms with Gasteiger partial charge in [-0.25, -0.2) is 0 Å². The van der Waals surface area contributed by atoms with Crippen molar-refractivity contribution in [3.8, 4) is 0 Å². The summed E-state index contributed by atoms with van der Waals surface area (Å²) in [5.41, 5.74) is 6.17. The molecule has 1 unspecified atom stereocenters. The zero-order chi connectivity index (χ0) is 11.5. The first-order valence-corrected chi connectivity index (χ1v) is 6.05. The van der Waals surface area contributed by atoms with Crippen molar-refractivity contribution in [3.05, 3.63) is 29.6 Å². The second-order valence-electron chi connectivity index (χ2n) is 3.89. The van der Waals surface area contributed by atoms with Crippen LogP contribution in [-0.4, -0.2) is 11.9 Å². The smallest absolute Gasteiger partial charge is 0.219 e. The highest BCUT2D eigenvalue weighted by Gasteiger charge is 2.06. The Morgan fingerprint density at radius 1 is 1.50 bits per heavy atom. The van der Waals surface area contributed by atoms with Crippen molar-refractivity contribution in [1.29, 1.82) is 0 Å². The summed E-state index contributed by atoms with van der Waals surface area (Å²) < 4.78 is 1.27. The van der Waals surface area contributed by atoms with Crippen LogP contribution in [0, 0.1) is 0 Å². The molecule has 0 saturated heterocycles. The molecule has 2 rings (SSSR count). The van der Waals surface area contributed by atoms with Crippen LogP contribution in [-0.2, 0) is 4.79 Å². The summed E-state index contributed by atoms with van der Waals surface area (Å²) in [6.45, 7) is 1.95. The number of anilines is 1. The van der Waals surface area contributed by atoms with Gasteiger partial charge in [-0.3, -0.25) is 4.79 Å². The number of nitrogens with two attached hydrogens (primary N) is 1. The number of amides is 1. The quantitative estimate of drug-likeness (QED) is 0.854. The maximum absolute atomic E-state index is 10.8. The number of primary amides is 1. The Labute approximate surface area is 98.3 Å². The number of thiophene rings is 1. The van der Waals surface area contributed by atoms with E-state index in [0.29, 0.717) is 6.42 Å². The molecule has 3 N–H and O–H groups in total. The van der Waals surface area contributed by atoms with Gasteiger partial charge in [-0.2, -0.15) is 0 Å². The van der Waals surface area contributed by atoms with Crippen LogP contribution in [0.2, 0.25) is 0 Å². The van der Waals surface area contributed by atoms with E-state index < -0.39 is 0 Å². The van der Waals surface area contributed by atoms with Gasteiger partial charge in [0.15, 0.2) is 0 Å². The summed E-state index contributed by atoms with van der Waals surface area (Å²) in [4.78, 5) is 10.8. The van der Waals surface area contributed by atoms with Gasteiger partial charge in [-0.1, -0.05) is 0 Å². The summed E-state index contributed by atoms with van der Waals surface area (Å²) in [5, 5.41) is 6.55. The van der Waals surface area contributed by atoms with Crippen molar-refractivity contribution in [2.75, 3.05) is 5.32 Å². The van der Waals surface area contributed by atoms with Crippen LogP contribution in [0.15, 0.2) is 29.6 Å². The normalized spacial score (nSPS) is 12.6. The van der Waals surface area contributed by atoms with Gasteiger partial charge in [0.25, 0.3) is 0 Å². The topological polar surface area (TPSA) is 55.1 Å². The van der Waals surface area contributed by atoms with Crippen molar-refractivity contribution in [1.82, 2.24) is 0 Å². The number of benzene rings is 1. The summed E-state index contributed by atoms with van der Waals surface area (Å²) in [5.74, 6) is -0.281. The lowest BCUT2D eigenvalue weighted by Crippen LogP contribution is -2.23. The number of hydrogen-bond acceptors (Lipinski definition) is 3. The van der Waals surface area contributed by atoms with E-state index in [-0.39, 0.29) is 11.9 Å². The molecule has 4 heteroatoms. The third-order valence-corrected chi connectivity index (χ3v) is 3.27. The fourth-order valence-corrected chi connectivity index (χ4v) is 2.46. The molecule has 3 nitrogen and oxygen atoms in total. The molecule has 1 heterocycles. The highest BCUT2D eigenvalue weighted by atomic mass is 32.1. The predicted molar refractivity (Wildman–Crippen MR) is 68.7 cm³/mol. The maximum Gasteiger partial charge on any atom is 0.219 e. The summed E-state index contributed by atoms with van der Waals surface area (Å²) in [6, 6.07) is 8.34. The first-order chi connectivity index (χ1) is 7.65. The Hall–Kier alpha value is -1.55. The lowest BCUT2D eigenvalue weighted by molar-refractivity contribution is -0.118. The van der Waals surface area contributed by atoms with Crippen LogP contribution >= 0.6 is 11.3 Å². The molecule has 84 valence electrons. The van der Waals surface area contributed by atoms with E-state index in [9.17, 15) is 4.79 Å². The van der Waals surface area contributed by atoms with Crippen LogP contribution in [0.3, 0.4) is 0 Å². The molecule has 1 amide bonds. The van der Waals surface area contributed by atoms with Gasteiger partial charge in [-0.05, 0) is 42.0 Å². The molecule has 0 aliphatic carbocycles. The summed E-state index contributed by atoms with van der Waals surface area (Å²) in [6.07, 6.45) is 0.349. The second-order valence-corrected chi connectivity index (χ2v) is 4.84. The van der Waals surface area contributed by atoms with Crippen molar-refractivity contribution >= 4 is 33.0 Å². The van der Waals surface area contributed by atoms with Gasteiger partial charge in [0.2, 0.25) is 5.91 Å². The molecule has 0 aliphatic rings. The van der Waals surface area contributed by atoms with E-state index in [1.165, 1.54) is 10.1 Å². The number of fused-ring (bicyclic) bond motifs is 1. The molecular formula is C12H14N2OS. The Balaban J connectivity index is 2.11. The molecule has 0 radical (unpaired) electrons. The van der Waals surface area contributed by atoms with E-state index in [0.717, 1.165) is 5.69 Å². The average molecular weight is 234 g/mol. The molecule has 1 atom stereocenters. The van der Waals surface area contributed by atoms with Gasteiger partial charge >= 0.3 is 0 Å². The average Bonchev–Trinajstić information content (AvgIpc) is 2.63. The van der Waals surface area contributed by atoms with E-state index in [2.05, 4.69) is 28.9 Å². The maximum atomic E-state index is 10.8. The lowest BCUT2D eigenvalue weighted by atomic mass is 10.2. The molecular weight excluding hydrogens is 220 g/mol. The van der Waals surface area contributed by atoms with E-state index >= 15 is 0 Å². The minimum atomic E-state index is -0.281. The van der Waals surface area contributed by atoms with Crippen LogP contribution in [0.1, 0.15) is 13.3 Å². The predicted octanol–water partition coefficient (Wildman–Crippen LogP) is 2.58. The largest absolute Gasteiger partial charge is 0.382 e. The minimum absolute atomic E-state index is 0.0635. The van der Waals surface area contributed by atoms with Crippen LogP contribution in [0.4, 0.5) is 5.69 Å². The van der Waals surface area contributed by atoms with Crippen molar-refractivity contribution < 1.29 is 4.79 Å². The molecule has 0 saturated carbocycles. The van der Waals surface area contributed by atoms with E-state index in [4.69, 9.17) is 5.73 Å². The molecule has 1 aromatic heterocycles.